The van der Waals surface area contributed by atoms with Crippen molar-refractivity contribution in [2.45, 2.75) is 25.2 Å². The van der Waals surface area contributed by atoms with Crippen molar-refractivity contribution in [3.63, 3.8) is 0 Å². The molecule has 1 aliphatic rings. The molecule has 25 heavy (non-hydrogen) atoms. The number of carbonyl (C=O) groups excluding carboxylic acids is 1. The molecule has 0 aliphatic carbocycles. The van der Waals surface area contributed by atoms with Crippen LogP contribution in [0.5, 0.6) is 0 Å². The van der Waals surface area contributed by atoms with Gasteiger partial charge in [0.25, 0.3) is 0 Å². The van der Waals surface area contributed by atoms with Crippen LogP contribution in [0.25, 0.3) is 10.6 Å². The summed E-state index contributed by atoms with van der Waals surface area (Å²) < 4.78 is 1.95. The lowest BCUT2D eigenvalue weighted by Crippen LogP contribution is -2.40. The van der Waals surface area contributed by atoms with Crippen molar-refractivity contribution < 1.29 is 4.79 Å². The molecule has 0 saturated carbocycles. The van der Waals surface area contributed by atoms with Crippen LogP contribution < -0.4 is 0 Å². The molecule has 6 nitrogen and oxygen atoms in total. The SMILES string of the molecule is Cn1cnnc1C1CCCN(C(=O)Cc2csc(-c3ccsc3)n2)C1. The summed E-state index contributed by atoms with van der Waals surface area (Å²) in [6.45, 7) is 1.53. The van der Waals surface area contributed by atoms with Crippen LogP contribution in [0, 0.1) is 0 Å². The maximum Gasteiger partial charge on any atom is 0.228 e. The number of aryl methyl sites for hydroxylation is 1. The summed E-state index contributed by atoms with van der Waals surface area (Å²) >= 11 is 3.26. The van der Waals surface area contributed by atoms with Crippen LogP contribution in [0.1, 0.15) is 30.3 Å². The molecule has 1 saturated heterocycles. The van der Waals surface area contributed by atoms with Crippen molar-refractivity contribution in [1.29, 1.82) is 0 Å². The van der Waals surface area contributed by atoms with E-state index in [0.29, 0.717) is 13.0 Å². The third-order valence-electron chi connectivity index (χ3n) is 4.54. The zero-order valence-electron chi connectivity index (χ0n) is 14.0. The average molecular weight is 374 g/mol. The Morgan fingerprint density at radius 2 is 2.32 bits per heavy atom. The van der Waals surface area contributed by atoms with Crippen LogP contribution in [-0.4, -0.2) is 43.6 Å². The van der Waals surface area contributed by atoms with Gasteiger partial charge in [0.05, 0.1) is 12.1 Å². The van der Waals surface area contributed by atoms with E-state index in [1.54, 1.807) is 29.0 Å². The molecule has 1 aliphatic heterocycles. The summed E-state index contributed by atoms with van der Waals surface area (Å²) in [4.78, 5) is 19.3. The van der Waals surface area contributed by atoms with E-state index in [-0.39, 0.29) is 11.8 Å². The lowest BCUT2D eigenvalue weighted by molar-refractivity contribution is -0.131. The second kappa shape index (κ2) is 7.05. The first-order chi connectivity index (χ1) is 12.2. The third kappa shape index (κ3) is 3.50. The van der Waals surface area contributed by atoms with Crippen LogP contribution in [0.15, 0.2) is 28.5 Å². The van der Waals surface area contributed by atoms with E-state index in [4.69, 9.17) is 0 Å². The minimum Gasteiger partial charge on any atom is -0.342 e. The fourth-order valence-corrected chi connectivity index (χ4v) is 4.78. The molecule has 1 fully saturated rings. The smallest absolute Gasteiger partial charge is 0.228 e. The Morgan fingerprint density at radius 1 is 1.40 bits per heavy atom. The molecule has 4 heterocycles. The van der Waals surface area contributed by atoms with Gasteiger partial charge in [0.2, 0.25) is 5.91 Å². The predicted octanol–water partition coefficient (Wildman–Crippen LogP) is 2.95. The maximum atomic E-state index is 12.7. The van der Waals surface area contributed by atoms with Crippen molar-refractivity contribution in [2.75, 3.05) is 13.1 Å². The Kier molecular flexibility index (Phi) is 4.63. The monoisotopic (exact) mass is 373 g/mol. The second-order valence-corrected chi connectivity index (χ2v) is 7.95. The summed E-state index contributed by atoms with van der Waals surface area (Å²) in [6.07, 6.45) is 4.14. The Bertz CT molecular complexity index is 854. The largest absolute Gasteiger partial charge is 0.342 e. The number of hydrogen-bond acceptors (Lipinski definition) is 6. The van der Waals surface area contributed by atoms with Crippen LogP contribution in [0.2, 0.25) is 0 Å². The molecule has 3 aromatic rings. The molecule has 3 aromatic heterocycles. The molecule has 0 spiro atoms. The molecule has 130 valence electrons. The molecule has 1 amide bonds. The first-order valence-corrected chi connectivity index (χ1v) is 10.1. The number of nitrogens with zero attached hydrogens (tertiary/aromatic N) is 5. The minimum absolute atomic E-state index is 0.147. The standard InChI is InChI=1S/C17H19N5OS2/c1-21-11-18-20-16(21)12-3-2-5-22(8-12)15(23)7-14-10-25-17(19-14)13-4-6-24-9-13/h4,6,9-12H,2-3,5,7-8H2,1H3. The fraction of sp³-hybridized carbons (Fsp3) is 0.412. The van der Waals surface area contributed by atoms with E-state index in [2.05, 4.69) is 26.6 Å². The van der Waals surface area contributed by atoms with Gasteiger partial charge in [-0.3, -0.25) is 4.79 Å². The second-order valence-electron chi connectivity index (χ2n) is 6.31. The number of carbonyl (C=O) groups is 1. The van der Waals surface area contributed by atoms with Gasteiger partial charge in [-0.05, 0) is 24.3 Å². The van der Waals surface area contributed by atoms with Crippen molar-refractivity contribution >= 4 is 28.6 Å². The zero-order chi connectivity index (χ0) is 17.2. The quantitative estimate of drug-likeness (QED) is 0.705. The van der Waals surface area contributed by atoms with Crippen LogP contribution >= 0.6 is 22.7 Å². The first-order valence-electron chi connectivity index (χ1n) is 8.29. The van der Waals surface area contributed by atoms with Crippen molar-refractivity contribution in [3.8, 4) is 10.6 Å². The summed E-state index contributed by atoms with van der Waals surface area (Å²) in [7, 11) is 1.96. The number of piperidine rings is 1. The highest BCUT2D eigenvalue weighted by Gasteiger charge is 2.27. The highest BCUT2D eigenvalue weighted by atomic mass is 32.1. The number of rotatable bonds is 4. The van der Waals surface area contributed by atoms with E-state index < -0.39 is 0 Å². The Labute approximate surface area is 154 Å². The number of thiazole rings is 1. The maximum absolute atomic E-state index is 12.7. The minimum atomic E-state index is 0.147. The number of amides is 1. The van der Waals surface area contributed by atoms with Crippen molar-refractivity contribution in [1.82, 2.24) is 24.6 Å². The van der Waals surface area contributed by atoms with Gasteiger partial charge >= 0.3 is 0 Å². The Balaban J connectivity index is 1.42. The van der Waals surface area contributed by atoms with E-state index in [9.17, 15) is 4.79 Å². The van der Waals surface area contributed by atoms with E-state index in [1.165, 1.54) is 0 Å². The molecule has 0 radical (unpaired) electrons. The molecule has 0 N–H and O–H groups in total. The van der Waals surface area contributed by atoms with Gasteiger partial charge < -0.3 is 9.47 Å². The van der Waals surface area contributed by atoms with E-state index in [0.717, 1.165) is 41.5 Å². The third-order valence-corrected chi connectivity index (χ3v) is 6.16. The molecule has 0 aromatic carbocycles. The van der Waals surface area contributed by atoms with Gasteiger partial charge in [0.1, 0.15) is 17.2 Å². The highest BCUT2D eigenvalue weighted by Crippen LogP contribution is 2.27. The van der Waals surface area contributed by atoms with Crippen molar-refractivity contribution in [2.24, 2.45) is 7.05 Å². The number of hydrogen-bond donors (Lipinski definition) is 0. The van der Waals surface area contributed by atoms with Gasteiger partial charge in [0.15, 0.2) is 0 Å². The highest BCUT2D eigenvalue weighted by molar-refractivity contribution is 7.14. The van der Waals surface area contributed by atoms with Gasteiger partial charge in [-0.25, -0.2) is 4.98 Å². The van der Waals surface area contributed by atoms with Crippen LogP contribution in [0.3, 0.4) is 0 Å². The van der Waals surface area contributed by atoms with Gasteiger partial charge in [-0.15, -0.1) is 21.5 Å². The number of aromatic nitrogens is 4. The van der Waals surface area contributed by atoms with Gasteiger partial charge in [-0.1, -0.05) is 0 Å². The molecule has 4 rings (SSSR count). The summed E-state index contributed by atoms with van der Waals surface area (Å²) in [5.74, 6) is 1.38. The summed E-state index contributed by atoms with van der Waals surface area (Å²) in [6, 6.07) is 2.06. The van der Waals surface area contributed by atoms with Gasteiger partial charge in [0, 0.05) is 42.4 Å². The lowest BCUT2D eigenvalue weighted by Gasteiger charge is -2.32. The lowest BCUT2D eigenvalue weighted by atomic mass is 9.97. The van der Waals surface area contributed by atoms with Crippen LogP contribution in [0.4, 0.5) is 0 Å². The Hall–Kier alpha value is -2.06. The molecule has 1 atom stereocenters. The predicted molar refractivity (Wildman–Crippen MR) is 98.7 cm³/mol. The summed E-state index contributed by atoms with van der Waals surface area (Å²) in [5, 5.41) is 15.3. The van der Waals surface area contributed by atoms with E-state index >= 15 is 0 Å². The fourth-order valence-electron chi connectivity index (χ4n) is 3.25. The molecular formula is C17H19N5OS2. The van der Waals surface area contributed by atoms with Gasteiger partial charge in [-0.2, -0.15) is 11.3 Å². The zero-order valence-corrected chi connectivity index (χ0v) is 15.6. The normalized spacial score (nSPS) is 17.8. The number of likely N-dealkylation sites (tertiary alicyclic amines) is 1. The summed E-state index contributed by atoms with van der Waals surface area (Å²) in [5.41, 5.74) is 1.99. The molecule has 0 bridgehead atoms. The van der Waals surface area contributed by atoms with Crippen LogP contribution in [-0.2, 0) is 18.3 Å². The van der Waals surface area contributed by atoms with E-state index in [1.807, 2.05) is 27.3 Å². The molecular weight excluding hydrogens is 354 g/mol. The van der Waals surface area contributed by atoms with Crippen molar-refractivity contribution in [3.05, 3.63) is 40.1 Å². The Morgan fingerprint density at radius 3 is 3.08 bits per heavy atom. The topological polar surface area (TPSA) is 63.9 Å². The number of thiophene rings is 1. The first kappa shape index (κ1) is 16.4. The average Bonchev–Trinajstić information content (AvgIpc) is 3.36. The molecule has 1 unspecified atom stereocenters. The molecule has 8 heteroatoms.